The number of halogens is 1. The fourth-order valence-electron chi connectivity index (χ4n) is 3.05. The predicted molar refractivity (Wildman–Crippen MR) is 99.9 cm³/mol. The minimum absolute atomic E-state index is 0. The van der Waals surface area contributed by atoms with Gasteiger partial charge in [-0.1, -0.05) is 12.1 Å². The van der Waals surface area contributed by atoms with Crippen molar-refractivity contribution in [1.29, 1.82) is 0 Å². The predicted octanol–water partition coefficient (Wildman–Crippen LogP) is 0.570. The first-order valence-electron chi connectivity index (χ1n) is 7.92. The van der Waals surface area contributed by atoms with Crippen LogP contribution in [0.25, 0.3) is 0 Å². The second-order valence-corrected chi connectivity index (χ2v) is 7.80. The zero-order valence-electron chi connectivity index (χ0n) is 14.7. The van der Waals surface area contributed by atoms with Crippen LogP contribution in [0.15, 0.2) is 24.3 Å². The van der Waals surface area contributed by atoms with Crippen LogP contribution >= 0.6 is 12.4 Å². The van der Waals surface area contributed by atoms with Crippen LogP contribution in [-0.4, -0.2) is 64.8 Å². The van der Waals surface area contributed by atoms with Crippen molar-refractivity contribution in [1.82, 2.24) is 14.9 Å². The summed E-state index contributed by atoms with van der Waals surface area (Å²) in [6.45, 7) is 3.84. The molecule has 0 aromatic heterocycles. The lowest BCUT2D eigenvalue weighted by Crippen LogP contribution is -2.40. The average molecular weight is 392 g/mol. The number of hydrogen-bond acceptors (Lipinski definition) is 5. The van der Waals surface area contributed by atoms with E-state index in [9.17, 15) is 13.2 Å². The molecule has 1 aromatic rings. The minimum Gasteiger partial charge on any atom is -0.497 e. The lowest BCUT2D eigenvalue weighted by molar-refractivity contribution is -0.121. The molecule has 0 unspecified atom stereocenters. The van der Waals surface area contributed by atoms with Crippen LogP contribution in [0.4, 0.5) is 0 Å². The number of likely N-dealkylation sites (tertiary alicyclic amines) is 1. The molecular formula is C16H26ClN3O4S. The summed E-state index contributed by atoms with van der Waals surface area (Å²) in [6, 6.07) is 7.34. The number of rotatable bonds is 7. The maximum atomic E-state index is 11.8. The SMILES string of the molecule is CCNC(=O)CN1C[C@H](NS(C)(=O)=O)[C@@H](c2ccc(OC)cc2)C1.Cl. The molecule has 2 N–H and O–H groups in total. The Bertz CT molecular complexity index is 666. The molecule has 1 fully saturated rings. The monoisotopic (exact) mass is 391 g/mol. The van der Waals surface area contributed by atoms with Crippen molar-refractivity contribution in [3.63, 3.8) is 0 Å². The van der Waals surface area contributed by atoms with Crippen molar-refractivity contribution in [3.8, 4) is 5.75 Å². The third-order valence-corrected chi connectivity index (χ3v) is 4.78. The van der Waals surface area contributed by atoms with Gasteiger partial charge < -0.3 is 10.1 Å². The molecule has 1 aliphatic rings. The number of ether oxygens (including phenoxy) is 1. The van der Waals surface area contributed by atoms with Crippen LogP contribution in [0.2, 0.25) is 0 Å². The van der Waals surface area contributed by atoms with Crippen LogP contribution in [0, 0.1) is 0 Å². The van der Waals surface area contributed by atoms with Crippen molar-refractivity contribution in [2.24, 2.45) is 0 Å². The van der Waals surface area contributed by atoms with E-state index in [0.29, 0.717) is 19.6 Å². The summed E-state index contributed by atoms with van der Waals surface area (Å²) in [6.07, 6.45) is 1.16. The number of sulfonamides is 1. The Balaban J connectivity index is 0.00000312. The highest BCUT2D eigenvalue weighted by Crippen LogP contribution is 2.29. The van der Waals surface area contributed by atoms with Gasteiger partial charge in [0, 0.05) is 31.6 Å². The molecule has 9 heteroatoms. The number of carbonyl (C=O) groups excluding carboxylic acids is 1. The summed E-state index contributed by atoms with van der Waals surface area (Å²) in [5, 5.41) is 2.77. The molecule has 0 saturated carbocycles. The molecule has 0 radical (unpaired) electrons. The van der Waals surface area contributed by atoms with Crippen molar-refractivity contribution in [3.05, 3.63) is 29.8 Å². The molecule has 0 aliphatic carbocycles. The molecule has 2 rings (SSSR count). The van der Waals surface area contributed by atoms with Gasteiger partial charge >= 0.3 is 0 Å². The zero-order chi connectivity index (χ0) is 17.7. The van der Waals surface area contributed by atoms with Gasteiger partial charge in [-0.15, -0.1) is 12.4 Å². The maximum Gasteiger partial charge on any atom is 0.234 e. The van der Waals surface area contributed by atoms with E-state index in [4.69, 9.17) is 4.74 Å². The zero-order valence-corrected chi connectivity index (χ0v) is 16.3. The van der Waals surface area contributed by atoms with Crippen LogP contribution in [0.1, 0.15) is 18.4 Å². The van der Waals surface area contributed by atoms with Gasteiger partial charge in [0.25, 0.3) is 0 Å². The van der Waals surface area contributed by atoms with E-state index < -0.39 is 10.0 Å². The second-order valence-electron chi connectivity index (χ2n) is 6.02. The van der Waals surface area contributed by atoms with Crippen LogP contribution in [0.5, 0.6) is 5.75 Å². The van der Waals surface area contributed by atoms with E-state index in [-0.39, 0.29) is 36.8 Å². The quantitative estimate of drug-likeness (QED) is 0.709. The number of benzene rings is 1. The van der Waals surface area contributed by atoms with Gasteiger partial charge in [0.05, 0.1) is 19.9 Å². The van der Waals surface area contributed by atoms with Gasteiger partial charge in [-0.3, -0.25) is 9.69 Å². The largest absolute Gasteiger partial charge is 0.497 e. The Morgan fingerprint density at radius 2 is 1.92 bits per heavy atom. The van der Waals surface area contributed by atoms with Crippen LogP contribution in [0.3, 0.4) is 0 Å². The van der Waals surface area contributed by atoms with Crippen LogP contribution in [-0.2, 0) is 14.8 Å². The van der Waals surface area contributed by atoms with E-state index in [1.54, 1.807) is 7.11 Å². The first-order chi connectivity index (χ1) is 11.3. The highest BCUT2D eigenvalue weighted by Gasteiger charge is 2.36. The first kappa shape index (κ1) is 21.7. The molecule has 1 aliphatic heterocycles. The lowest BCUT2D eigenvalue weighted by Gasteiger charge is -2.19. The Morgan fingerprint density at radius 1 is 1.28 bits per heavy atom. The Morgan fingerprint density at radius 3 is 2.44 bits per heavy atom. The summed E-state index contributed by atoms with van der Waals surface area (Å²) in [5.74, 6) is 0.689. The number of likely N-dealkylation sites (N-methyl/N-ethyl adjacent to an activating group) is 1. The summed E-state index contributed by atoms with van der Waals surface area (Å²) in [5.41, 5.74) is 1.02. The number of methoxy groups -OCH3 is 1. The fourth-order valence-corrected chi connectivity index (χ4v) is 3.84. The van der Waals surface area contributed by atoms with Crippen LogP contribution < -0.4 is 14.8 Å². The van der Waals surface area contributed by atoms with E-state index in [2.05, 4.69) is 10.0 Å². The third-order valence-electron chi connectivity index (χ3n) is 4.05. The molecular weight excluding hydrogens is 366 g/mol. The van der Waals surface area contributed by atoms with E-state index in [1.165, 1.54) is 0 Å². The molecule has 1 saturated heterocycles. The number of hydrogen-bond donors (Lipinski definition) is 2. The Hall–Kier alpha value is -1.35. The smallest absolute Gasteiger partial charge is 0.234 e. The first-order valence-corrected chi connectivity index (χ1v) is 9.82. The molecule has 25 heavy (non-hydrogen) atoms. The molecule has 1 aromatic carbocycles. The number of carbonyl (C=O) groups is 1. The van der Waals surface area contributed by atoms with Crippen molar-refractivity contribution < 1.29 is 17.9 Å². The summed E-state index contributed by atoms with van der Waals surface area (Å²) >= 11 is 0. The van der Waals surface area contributed by atoms with E-state index in [0.717, 1.165) is 17.6 Å². The highest BCUT2D eigenvalue weighted by atomic mass is 35.5. The topological polar surface area (TPSA) is 87.7 Å². The minimum atomic E-state index is -3.33. The number of nitrogens with one attached hydrogen (secondary N) is 2. The Labute approximate surface area is 155 Å². The van der Waals surface area contributed by atoms with Gasteiger partial charge in [0.1, 0.15) is 5.75 Å². The standard InChI is InChI=1S/C16H25N3O4S.ClH/c1-4-17-16(20)11-19-9-14(15(10-19)18-24(3,21)22)12-5-7-13(23-2)8-6-12;/h5-8,14-15,18H,4,9-11H2,1-3H3,(H,17,20);1H/t14-,15+;/m1./s1. The van der Waals surface area contributed by atoms with Gasteiger partial charge in [0.15, 0.2) is 0 Å². The summed E-state index contributed by atoms with van der Waals surface area (Å²) < 4.78 is 31.2. The summed E-state index contributed by atoms with van der Waals surface area (Å²) in [7, 11) is -1.72. The van der Waals surface area contributed by atoms with Crippen molar-refractivity contribution >= 4 is 28.3 Å². The lowest BCUT2D eigenvalue weighted by atomic mass is 9.95. The normalized spacial score (nSPS) is 20.8. The number of amides is 1. The highest BCUT2D eigenvalue weighted by molar-refractivity contribution is 7.88. The summed E-state index contributed by atoms with van der Waals surface area (Å²) in [4.78, 5) is 13.8. The molecule has 0 spiro atoms. The molecule has 1 heterocycles. The molecule has 0 bridgehead atoms. The van der Waals surface area contributed by atoms with Gasteiger partial charge in [-0.2, -0.15) is 0 Å². The Kier molecular flexibility index (Phi) is 8.14. The van der Waals surface area contributed by atoms with E-state index in [1.807, 2.05) is 36.1 Å². The second kappa shape index (κ2) is 9.38. The van der Waals surface area contributed by atoms with E-state index >= 15 is 0 Å². The van der Waals surface area contributed by atoms with Gasteiger partial charge in [0.2, 0.25) is 15.9 Å². The van der Waals surface area contributed by atoms with Gasteiger partial charge in [-0.05, 0) is 24.6 Å². The molecule has 1 amide bonds. The fraction of sp³-hybridized carbons (Fsp3) is 0.562. The molecule has 2 atom stereocenters. The molecule has 142 valence electrons. The average Bonchev–Trinajstić information content (AvgIpc) is 2.87. The number of nitrogens with zero attached hydrogens (tertiary/aromatic N) is 1. The third kappa shape index (κ3) is 6.47. The van der Waals surface area contributed by atoms with Gasteiger partial charge in [-0.25, -0.2) is 13.1 Å². The van der Waals surface area contributed by atoms with Crippen molar-refractivity contribution in [2.75, 3.05) is 39.5 Å². The molecule has 7 nitrogen and oxygen atoms in total. The maximum absolute atomic E-state index is 11.8. The van der Waals surface area contributed by atoms with Crippen molar-refractivity contribution in [2.45, 2.75) is 18.9 Å².